The molecule has 2 heteroatoms. The van der Waals surface area contributed by atoms with Crippen LogP contribution in [-0.4, -0.2) is 10.9 Å². The molecule has 0 spiro atoms. The van der Waals surface area contributed by atoms with Crippen molar-refractivity contribution < 1.29 is 4.79 Å². The number of aldehydes is 1. The third-order valence-electron chi connectivity index (χ3n) is 3.93. The van der Waals surface area contributed by atoms with Crippen molar-refractivity contribution in [2.24, 2.45) is 5.92 Å². The summed E-state index contributed by atoms with van der Waals surface area (Å²) in [5.41, 5.74) is 1.99. The molecule has 2 rings (SSSR count). The number of fused-ring (bicyclic) bond motifs is 1. The van der Waals surface area contributed by atoms with Crippen molar-refractivity contribution in [1.29, 1.82) is 0 Å². The first-order valence-corrected chi connectivity index (χ1v) is 7.32. The highest BCUT2D eigenvalue weighted by molar-refractivity contribution is 5.87. The molecule has 1 atom stereocenters. The highest BCUT2D eigenvalue weighted by atomic mass is 16.1. The lowest BCUT2D eigenvalue weighted by molar-refractivity contribution is 0.112. The number of nitrogens with zero attached hydrogens (tertiary/aromatic N) is 1. The Morgan fingerprint density at radius 2 is 2.11 bits per heavy atom. The Morgan fingerprint density at radius 1 is 1.26 bits per heavy atom. The maximum absolute atomic E-state index is 10.8. The van der Waals surface area contributed by atoms with Gasteiger partial charge in [-0.2, -0.15) is 0 Å². The minimum atomic E-state index is 0.751. The van der Waals surface area contributed by atoms with Crippen LogP contribution in [0, 0.1) is 5.92 Å². The number of hydrogen-bond acceptors (Lipinski definition) is 1. The summed E-state index contributed by atoms with van der Waals surface area (Å²) >= 11 is 0. The molecular formula is C17H23NO. The van der Waals surface area contributed by atoms with Crippen molar-refractivity contribution in [3.8, 4) is 0 Å². The third kappa shape index (κ3) is 3.25. The molecule has 0 saturated heterocycles. The van der Waals surface area contributed by atoms with Crippen LogP contribution in [-0.2, 0) is 6.54 Å². The summed E-state index contributed by atoms with van der Waals surface area (Å²) in [6, 6.07) is 8.03. The highest BCUT2D eigenvalue weighted by Crippen LogP contribution is 2.21. The van der Waals surface area contributed by atoms with E-state index in [9.17, 15) is 4.79 Å². The van der Waals surface area contributed by atoms with Crippen LogP contribution in [0.4, 0.5) is 0 Å². The van der Waals surface area contributed by atoms with Gasteiger partial charge in [0.2, 0.25) is 0 Å². The highest BCUT2D eigenvalue weighted by Gasteiger charge is 2.09. The van der Waals surface area contributed by atoms with E-state index in [1.165, 1.54) is 31.2 Å². The van der Waals surface area contributed by atoms with Crippen molar-refractivity contribution >= 4 is 17.2 Å². The van der Waals surface area contributed by atoms with Gasteiger partial charge in [0.05, 0.1) is 0 Å². The molecule has 19 heavy (non-hydrogen) atoms. The maximum atomic E-state index is 10.8. The fourth-order valence-corrected chi connectivity index (χ4v) is 2.65. The van der Waals surface area contributed by atoms with Crippen LogP contribution < -0.4 is 0 Å². The van der Waals surface area contributed by atoms with E-state index in [1.54, 1.807) is 0 Å². The van der Waals surface area contributed by atoms with Crippen LogP contribution >= 0.6 is 0 Å². The summed E-state index contributed by atoms with van der Waals surface area (Å²) in [7, 11) is 0. The van der Waals surface area contributed by atoms with Gasteiger partial charge in [-0.1, -0.05) is 33.1 Å². The predicted molar refractivity (Wildman–Crippen MR) is 80.6 cm³/mol. The second-order valence-corrected chi connectivity index (χ2v) is 5.32. The SMILES string of the molecule is CCCCC(CC)Cn1ccc2cc(C=O)ccc21. The second-order valence-electron chi connectivity index (χ2n) is 5.32. The van der Waals surface area contributed by atoms with Gasteiger partial charge < -0.3 is 4.57 Å². The number of benzene rings is 1. The average Bonchev–Trinajstić information content (AvgIpc) is 2.85. The van der Waals surface area contributed by atoms with Crippen LogP contribution in [0.3, 0.4) is 0 Å². The molecular weight excluding hydrogens is 234 g/mol. The van der Waals surface area contributed by atoms with Crippen molar-refractivity contribution in [3.05, 3.63) is 36.0 Å². The number of rotatable bonds is 7. The van der Waals surface area contributed by atoms with Gasteiger partial charge in [-0.25, -0.2) is 0 Å². The van der Waals surface area contributed by atoms with Crippen LogP contribution in [0.5, 0.6) is 0 Å². The lowest BCUT2D eigenvalue weighted by Crippen LogP contribution is -2.09. The number of unbranched alkanes of at least 4 members (excludes halogenated alkanes) is 1. The van der Waals surface area contributed by atoms with E-state index in [2.05, 4.69) is 36.7 Å². The second kappa shape index (κ2) is 6.55. The Balaban J connectivity index is 2.18. The Kier molecular flexibility index (Phi) is 4.78. The van der Waals surface area contributed by atoms with E-state index >= 15 is 0 Å². The van der Waals surface area contributed by atoms with Crippen molar-refractivity contribution in [2.75, 3.05) is 0 Å². The Morgan fingerprint density at radius 3 is 2.79 bits per heavy atom. The first kappa shape index (κ1) is 13.9. The lowest BCUT2D eigenvalue weighted by atomic mass is 9.99. The molecule has 1 aromatic carbocycles. The molecule has 2 aromatic rings. The zero-order valence-corrected chi connectivity index (χ0v) is 11.9. The molecule has 0 aliphatic carbocycles. The van der Waals surface area contributed by atoms with Gasteiger partial charge in [-0.15, -0.1) is 0 Å². The van der Waals surface area contributed by atoms with E-state index in [0.29, 0.717) is 0 Å². The molecule has 0 radical (unpaired) electrons. The van der Waals surface area contributed by atoms with Gasteiger partial charge in [0.15, 0.2) is 0 Å². The average molecular weight is 257 g/mol. The molecule has 102 valence electrons. The largest absolute Gasteiger partial charge is 0.347 e. The third-order valence-corrected chi connectivity index (χ3v) is 3.93. The molecule has 0 fully saturated rings. The fourth-order valence-electron chi connectivity index (χ4n) is 2.65. The van der Waals surface area contributed by atoms with E-state index < -0.39 is 0 Å². The molecule has 1 unspecified atom stereocenters. The summed E-state index contributed by atoms with van der Waals surface area (Å²) in [6.45, 7) is 5.61. The first-order chi connectivity index (χ1) is 9.28. The summed E-state index contributed by atoms with van der Waals surface area (Å²) < 4.78 is 2.33. The van der Waals surface area contributed by atoms with Crippen molar-refractivity contribution in [2.45, 2.75) is 46.1 Å². The Labute approximate surface area is 115 Å². The molecule has 2 nitrogen and oxygen atoms in total. The number of carbonyl (C=O) groups is 1. The summed E-state index contributed by atoms with van der Waals surface area (Å²) in [5.74, 6) is 0.751. The zero-order valence-electron chi connectivity index (χ0n) is 11.9. The maximum Gasteiger partial charge on any atom is 0.150 e. The number of aromatic nitrogens is 1. The van der Waals surface area contributed by atoms with Gasteiger partial charge in [-0.3, -0.25) is 4.79 Å². The predicted octanol–water partition coefficient (Wildman–Crippen LogP) is 4.67. The minimum Gasteiger partial charge on any atom is -0.347 e. The quantitative estimate of drug-likeness (QED) is 0.661. The smallest absolute Gasteiger partial charge is 0.150 e. The standard InChI is InChI=1S/C17H23NO/c1-3-5-6-14(4-2)12-18-10-9-16-11-15(13-19)7-8-17(16)18/h7-11,13-14H,3-6,12H2,1-2H3. The van der Waals surface area contributed by atoms with Gasteiger partial charge in [0.25, 0.3) is 0 Å². The zero-order chi connectivity index (χ0) is 13.7. The van der Waals surface area contributed by atoms with Gasteiger partial charge in [0.1, 0.15) is 6.29 Å². The molecule has 0 amide bonds. The summed E-state index contributed by atoms with van der Waals surface area (Å²) in [6.07, 6.45) is 8.17. The van der Waals surface area contributed by atoms with Crippen molar-refractivity contribution in [3.63, 3.8) is 0 Å². The first-order valence-electron chi connectivity index (χ1n) is 7.32. The van der Waals surface area contributed by atoms with E-state index in [-0.39, 0.29) is 0 Å². The van der Waals surface area contributed by atoms with Gasteiger partial charge in [0, 0.05) is 29.2 Å². The van der Waals surface area contributed by atoms with Gasteiger partial charge in [-0.05, 0) is 36.6 Å². The molecule has 1 aromatic heterocycles. The van der Waals surface area contributed by atoms with Crippen LogP contribution in [0.25, 0.3) is 10.9 Å². The fraction of sp³-hybridized carbons (Fsp3) is 0.471. The van der Waals surface area contributed by atoms with E-state index in [0.717, 1.165) is 29.7 Å². The number of carbonyl (C=O) groups excluding carboxylic acids is 1. The molecule has 0 aliphatic rings. The Hall–Kier alpha value is -1.57. The topological polar surface area (TPSA) is 22.0 Å². The van der Waals surface area contributed by atoms with Crippen LogP contribution in [0.2, 0.25) is 0 Å². The van der Waals surface area contributed by atoms with Gasteiger partial charge >= 0.3 is 0 Å². The van der Waals surface area contributed by atoms with Crippen LogP contribution in [0.1, 0.15) is 49.9 Å². The minimum absolute atomic E-state index is 0.751. The molecule has 0 bridgehead atoms. The lowest BCUT2D eigenvalue weighted by Gasteiger charge is -2.16. The number of hydrogen-bond donors (Lipinski definition) is 0. The summed E-state index contributed by atoms with van der Waals surface area (Å²) in [4.78, 5) is 10.8. The summed E-state index contributed by atoms with van der Waals surface area (Å²) in [5, 5.41) is 1.16. The van der Waals surface area contributed by atoms with E-state index in [4.69, 9.17) is 0 Å². The van der Waals surface area contributed by atoms with Crippen molar-refractivity contribution in [1.82, 2.24) is 4.57 Å². The monoisotopic (exact) mass is 257 g/mol. The molecule has 0 saturated carbocycles. The Bertz CT molecular complexity index is 541. The van der Waals surface area contributed by atoms with E-state index in [1.807, 2.05) is 12.1 Å². The molecule has 0 N–H and O–H groups in total. The van der Waals surface area contributed by atoms with Crippen LogP contribution in [0.15, 0.2) is 30.5 Å². The molecule has 0 aliphatic heterocycles. The molecule has 1 heterocycles. The normalized spacial score (nSPS) is 12.7.